The predicted octanol–water partition coefficient (Wildman–Crippen LogP) is 2.64. The molecule has 2 rings (SSSR count). The minimum atomic E-state index is -0.0937. The number of hydrogen-bond acceptors (Lipinski definition) is 4. The van der Waals surface area contributed by atoms with Gasteiger partial charge in [-0.25, -0.2) is 4.68 Å². The van der Waals surface area contributed by atoms with Gasteiger partial charge in [-0.3, -0.25) is 4.79 Å². The predicted molar refractivity (Wildman–Crippen MR) is 83.1 cm³/mol. The van der Waals surface area contributed by atoms with Gasteiger partial charge in [0.1, 0.15) is 4.47 Å². The van der Waals surface area contributed by atoms with Crippen molar-refractivity contribution < 1.29 is 4.74 Å². The lowest BCUT2D eigenvalue weighted by molar-refractivity contribution is -0.0601. The maximum absolute atomic E-state index is 12.2. The normalized spacial score (nSPS) is 17.1. The minimum absolute atomic E-state index is 0.0771. The molecule has 1 aliphatic carbocycles. The first-order chi connectivity index (χ1) is 9.47. The standard InChI is InChI=1S/C14H22BrN3O2/c1-10(2)8-18-13(19)12(15)11(7-17-18)16-9-14(20-3)5-4-6-14/h7,10,16H,4-6,8-9H2,1-3H3. The molecule has 0 amide bonds. The summed E-state index contributed by atoms with van der Waals surface area (Å²) >= 11 is 3.37. The Morgan fingerprint density at radius 1 is 1.55 bits per heavy atom. The summed E-state index contributed by atoms with van der Waals surface area (Å²) in [5.74, 6) is 0.387. The van der Waals surface area contributed by atoms with Gasteiger partial charge in [0.05, 0.1) is 17.5 Å². The summed E-state index contributed by atoms with van der Waals surface area (Å²) in [5, 5.41) is 7.50. The number of nitrogens with one attached hydrogen (secondary N) is 1. The monoisotopic (exact) mass is 343 g/mol. The number of methoxy groups -OCH3 is 1. The van der Waals surface area contributed by atoms with E-state index in [2.05, 4.69) is 40.2 Å². The smallest absolute Gasteiger partial charge is 0.283 e. The van der Waals surface area contributed by atoms with Gasteiger partial charge in [-0.05, 0) is 41.1 Å². The first-order valence-electron chi connectivity index (χ1n) is 7.02. The lowest BCUT2D eigenvalue weighted by atomic mass is 9.80. The van der Waals surface area contributed by atoms with E-state index in [9.17, 15) is 4.79 Å². The van der Waals surface area contributed by atoms with Gasteiger partial charge in [0.2, 0.25) is 0 Å². The van der Waals surface area contributed by atoms with E-state index in [0.717, 1.165) is 18.5 Å². The van der Waals surface area contributed by atoms with Crippen molar-refractivity contribution in [1.82, 2.24) is 9.78 Å². The molecule has 6 heteroatoms. The van der Waals surface area contributed by atoms with Crippen molar-refractivity contribution in [2.75, 3.05) is 19.0 Å². The highest BCUT2D eigenvalue weighted by molar-refractivity contribution is 9.10. The van der Waals surface area contributed by atoms with Crippen LogP contribution in [0.3, 0.4) is 0 Å². The second-order valence-electron chi connectivity index (χ2n) is 5.85. The molecule has 1 saturated carbocycles. The van der Waals surface area contributed by atoms with E-state index >= 15 is 0 Å². The van der Waals surface area contributed by atoms with Crippen molar-refractivity contribution in [1.29, 1.82) is 0 Å². The molecule has 1 aliphatic rings. The van der Waals surface area contributed by atoms with Gasteiger partial charge in [-0.1, -0.05) is 13.8 Å². The molecule has 5 nitrogen and oxygen atoms in total. The highest BCUT2D eigenvalue weighted by Crippen LogP contribution is 2.35. The zero-order chi connectivity index (χ0) is 14.8. The number of anilines is 1. The molecule has 0 bridgehead atoms. The van der Waals surface area contributed by atoms with Gasteiger partial charge in [0.15, 0.2) is 0 Å². The fourth-order valence-corrected chi connectivity index (χ4v) is 2.79. The number of aromatic nitrogens is 2. The summed E-state index contributed by atoms with van der Waals surface area (Å²) in [5.41, 5.74) is 0.564. The van der Waals surface area contributed by atoms with Crippen LogP contribution in [0, 0.1) is 5.92 Å². The molecule has 0 unspecified atom stereocenters. The van der Waals surface area contributed by atoms with E-state index in [4.69, 9.17) is 4.74 Å². The summed E-state index contributed by atoms with van der Waals surface area (Å²) in [6, 6.07) is 0. The number of rotatable bonds is 6. The van der Waals surface area contributed by atoms with Gasteiger partial charge in [-0.15, -0.1) is 0 Å². The number of halogens is 1. The van der Waals surface area contributed by atoms with Crippen LogP contribution in [-0.4, -0.2) is 29.0 Å². The lowest BCUT2D eigenvalue weighted by Gasteiger charge is -2.40. The molecule has 0 aliphatic heterocycles. The Morgan fingerprint density at radius 2 is 2.25 bits per heavy atom. The number of ether oxygens (including phenoxy) is 1. The zero-order valence-electron chi connectivity index (χ0n) is 12.3. The van der Waals surface area contributed by atoms with E-state index in [-0.39, 0.29) is 11.2 Å². The summed E-state index contributed by atoms with van der Waals surface area (Å²) in [7, 11) is 1.74. The molecule has 1 aromatic heterocycles. The summed E-state index contributed by atoms with van der Waals surface area (Å²) in [6.07, 6.45) is 5.03. The van der Waals surface area contributed by atoms with Gasteiger partial charge in [-0.2, -0.15) is 5.10 Å². The molecule has 112 valence electrons. The van der Waals surface area contributed by atoms with E-state index in [1.165, 1.54) is 11.1 Å². The van der Waals surface area contributed by atoms with Crippen molar-refractivity contribution in [2.24, 2.45) is 5.92 Å². The average Bonchev–Trinajstić information content (AvgIpc) is 2.36. The molecule has 0 spiro atoms. The van der Waals surface area contributed by atoms with E-state index in [1.807, 2.05) is 0 Å². The Labute approximate surface area is 127 Å². The van der Waals surface area contributed by atoms with Gasteiger partial charge in [0, 0.05) is 20.2 Å². The van der Waals surface area contributed by atoms with Crippen LogP contribution < -0.4 is 10.9 Å². The van der Waals surface area contributed by atoms with Crippen LogP contribution in [0.1, 0.15) is 33.1 Å². The van der Waals surface area contributed by atoms with E-state index < -0.39 is 0 Å². The maximum Gasteiger partial charge on any atom is 0.283 e. The lowest BCUT2D eigenvalue weighted by Crippen LogP contribution is -2.45. The molecular weight excluding hydrogens is 322 g/mol. The fraction of sp³-hybridized carbons (Fsp3) is 0.714. The van der Waals surface area contributed by atoms with Gasteiger partial charge in [0.25, 0.3) is 5.56 Å². The van der Waals surface area contributed by atoms with E-state index in [0.29, 0.717) is 23.5 Å². The van der Waals surface area contributed by atoms with Gasteiger partial charge < -0.3 is 10.1 Å². The quantitative estimate of drug-likeness (QED) is 0.862. The Bertz CT molecular complexity index is 518. The third-order valence-corrected chi connectivity index (χ3v) is 4.59. The van der Waals surface area contributed by atoms with Crippen LogP contribution in [0.5, 0.6) is 0 Å². The first-order valence-corrected chi connectivity index (χ1v) is 7.81. The van der Waals surface area contributed by atoms with Crippen LogP contribution in [0.15, 0.2) is 15.5 Å². The topological polar surface area (TPSA) is 56.1 Å². The summed E-state index contributed by atoms with van der Waals surface area (Å²) in [4.78, 5) is 12.2. The Balaban J connectivity index is 2.09. The molecule has 0 aromatic carbocycles. The Kier molecular flexibility index (Phi) is 4.86. The highest BCUT2D eigenvalue weighted by Gasteiger charge is 2.36. The van der Waals surface area contributed by atoms with Crippen molar-refractivity contribution in [3.05, 3.63) is 21.0 Å². The third kappa shape index (κ3) is 3.23. The maximum atomic E-state index is 12.2. The van der Waals surface area contributed by atoms with Crippen LogP contribution >= 0.6 is 15.9 Å². The summed E-state index contributed by atoms with van der Waals surface area (Å²) in [6.45, 7) is 5.46. The molecule has 1 N–H and O–H groups in total. The largest absolute Gasteiger partial charge is 0.380 e. The minimum Gasteiger partial charge on any atom is -0.380 e. The van der Waals surface area contributed by atoms with Gasteiger partial charge >= 0.3 is 0 Å². The molecule has 1 heterocycles. The van der Waals surface area contributed by atoms with Crippen molar-refractivity contribution in [2.45, 2.75) is 45.3 Å². The molecular formula is C14H22BrN3O2. The molecule has 20 heavy (non-hydrogen) atoms. The van der Waals surface area contributed by atoms with Crippen molar-refractivity contribution >= 4 is 21.6 Å². The van der Waals surface area contributed by atoms with Crippen molar-refractivity contribution in [3.8, 4) is 0 Å². The first kappa shape index (κ1) is 15.5. The highest BCUT2D eigenvalue weighted by atomic mass is 79.9. The molecule has 1 fully saturated rings. The van der Waals surface area contributed by atoms with Crippen LogP contribution in [0.4, 0.5) is 5.69 Å². The third-order valence-electron chi connectivity index (χ3n) is 3.82. The van der Waals surface area contributed by atoms with Crippen LogP contribution in [0.25, 0.3) is 0 Å². The van der Waals surface area contributed by atoms with Crippen molar-refractivity contribution in [3.63, 3.8) is 0 Å². The van der Waals surface area contributed by atoms with Crippen LogP contribution in [-0.2, 0) is 11.3 Å². The molecule has 0 radical (unpaired) electrons. The molecule has 1 aromatic rings. The zero-order valence-corrected chi connectivity index (χ0v) is 13.9. The van der Waals surface area contributed by atoms with E-state index in [1.54, 1.807) is 13.3 Å². The Morgan fingerprint density at radius 3 is 2.75 bits per heavy atom. The average molecular weight is 344 g/mol. The molecule has 0 saturated heterocycles. The van der Waals surface area contributed by atoms with Crippen LogP contribution in [0.2, 0.25) is 0 Å². The fourth-order valence-electron chi connectivity index (χ4n) is 2.34. The summed E-state index contributed by atoms with van der Waals surface area (Å²) < 4.78 is 7.60. The molecule has 0 atom stereocenters. The second kappa shape index (κ2) is 6.26. The Hall–Kier alpha value is -0.880. The second-order valence-corrected chi connectivity index (χ2v) is 6.64. The SMILES string of the molecule is COC1(CNc2cnn(CC(C)C)c(=O)c2Br)CCC1. The number of nitrogens with zero attached hydrogens (tertiary/aromatic N) is 2. The number of hydrogen-bond donors (Lipinski definition) is 1.